The second-order valence-corrected chi connectivity index (χ2v) is 9.62. The zero-order valence-electron chi connectivity index (χ0n) is 20.5. The number of nitrogens with zero attached hydrogens (tertiary/aromatic N) is 4. The first-order chi connectivity index (χ1) is 16.5. The Balaban J connectivity index is 1.52. The summed E-state index contributed by atoms with van der Waals surface area (Å²) in [5.41, 5.74) is 5.90. The normalized spacial score (nSPS) is 19.7. The molecular formula is C28H34N4O2. The van der Waals surface area contributed by atoms with Gasteiger partial charge in [0.05, 0.1) is 11.3 Å². The van der Waals surface area contributed by atoms with Crippen LogP contribution in [0.3, 0.4) is 0 Å². The second-order valence-electron chi connectivity index (χ2n) is 9.62. The number of carbonyl (C=O) groups excluding carboxylic acids is 2. The van der Waals surface area contributed by atoms with Crippen molar-refractivity contribution in [2.24, 2.45) is 0 Å². The summed E-state index contributed by atoms with van der Waals surface area (Å²) in [6.07, 6.45) is 2.42. The maximum absolute atomic E-state index is 13.9. The Morgan fingerprint density at radius 1 is 0.735 bits per heavy atom. The van der Waals surface area contributed by atoms with Crippen molar-refractivity contribution >= 4 is 28.8 Å². The van der Waals surface area contributed by atoms with Gasteiger partial charge in [0.15, 0.2) is 0 Å². The minimum atomic E-state index is -0.223. The maximum atomic E-state index is 13.9. The van der Waals surface area contributed by atoms with E-state index in [4.69, 9.17) is 0 Å². The molecule has 5 rings (SSSR count). The van der Waals surface area contributed by atoms with Crippen LogP contribution >= 0.6 is 0 Å². The molecule has 0 N–H and O–H groups in total. The van der Waals surface area contributed by atoms with E-state index >= 15 is 0 Å². The topological polar surface area (TPSA) is 47.1 Å². The van der Waals surface area contributed by atoms with Crippen LogP contribution in [0.15, 0.2) is 48.2 Å². The number of rotatable bonds is 5. The molecule has 0 atom stereocenters. The Hall–Kier alpha value is -3.12. The van der Waals surface area contributed by atoms with Crippen LogP contribution in [-0.4, -0.2) is 67.4 Å². The first-order valence-corrected chi connectivity index (χ1v) is 12.5. The highest BCUT2D eigenvalue weighted by atomic mass is 16.2. The number of benzene rings is 2. The van der Waals surface area contributed by atoms with E-state index in [-0.39, 0.29) is 11.8 Å². The average Bonchev–Trinajstić information content (AvgIpc) is 3.46. The fraction of sp³-hybridized carbons (Fsp3) is 0.429. The molecule has 2 fully saturated rings. The molecule has 0 bridgehead atoms. The van der Waals surface area contributed by atoms with Gasteiger partial charge in [0.25, 0.3) is 11.8 Å². The van der Waals surface area contributed by atoms with Crippen LogP contribution in [0.25, 0.3) is 5.57 Å². The lowest BCUT2D eigenvalue weighted by molar-refractivity contribution is -0.120. The third-order valence-electron chi connectivity index (χ3n) is 7.43. The minimum Gasteiger partial charge on any atom is -0.372 e. The van der Waals surface area contributed by atoms with Gasteiger partial charge in [0, 0.05) is 45.0 Å². The highest BCUT2D eigenvalue weighted by Crippen LogP contribution is 2.37. The molecule has 0 spiro atoms. The lowest BCUT2D eigenvalue weighted by Crippen LogP contribution is -2.47. The molecule has 6 heteroatoms. The predicted octanol–water partition coefficient (Wildman–Crippen LogP) is 3.83. The van der Waals surface area contributed by atoms with E-state index in [1.54, 1.807) is 0 Å². The average molecular weight is 459 g/mol. The molecule has 0 saturated carbocycles. The van der Waals surface area contributed by atoms with Crippen LogP contribution in [-0.2, 0) is 9.59 Å². The van der Waals surface area contributed by atoms with Crippen molar-refractivity contribution in [2.75, 3.05) is 55.6 Å². The number of amides is 2. The SMILES string of the molecule is CCN1CCN(C2=C(c3ccc(C)cc3C)C(=O)N(c3ccc(N4CCCC4)cc3)C2=O)CC1. The molecule has 0 aliphatic carbocycles. The second kappa shape index (κ2) is 9.26. The van der Waals surface area contributed by atoms with Crippen LogP contribution in [0, 0.1) is 13.8 Å². The first kappa shape index (κ1) is 22.7. The smallest absolute Gasteiger partial charge is 0.282 e. The molecule has 2 aromatic rings. The number of carbonyl (C=O) groups is 2. The molecule has 3 aliphatic rings. The number of likely N-dealkylation sites (N-methyl/N-ethyl adjacent to an activating group) is 1. The summed E-state index contributed by atoms with van der Waals surface area (Å²) in [4.78, 5) is 36.0. The van der Waals surface area contributed by atoms with Gasteiger partial charge in [-0.05, 0) is 68.6 Å². The van der Waals surface area contributed by atoms with Gasteiger partial charge in [0.1, 0.15) is 5.70 Å². The zero-order valence-corrected chi connectivity index (χ0v) is 20.5. The van der Waals surface area contributed by atoms with E-state index in [9.17, 15) is 9.59 Å². The Morgan fingerprint density at radius 3 is 2.00 bits per heavy atom. The van der Waals surface area contributed by atoms with Crippen LogP contribution < -0.4 is 9.80 Å². The monoisotopic (exact) mass is 458 g/mol. The standard InChI is InChI=1S/C28H34N4O2/c1-4-29-15-17-31(18-16-29)26-25(24-12-7-20(2)19-21(24)3)27(33)32(28(26)34)23-10-8-22(9-11-23)30-13-5-6-14-30/h7-12,19H,4-6,13-18H2,1-3H3. The van der Waals surface area contributed by atoms with E-state index < -0.39 is 0 Å². The van der Waals surface area contributed by atoms with Crippen molar-refractivity contribution in [1.29, 1.82) is 0 Å². The molecule has 34 heavy (non-hydrogen) atoms. The van der Waals surface area contributed by atoms with Crippen molar-refractivity contribution < 1.29 is 9.59 Å². The van der Waals surface area contributed by atoms with Gasteiger partial charge in [0.2, 0.25) is 0 Å². The van der Waals surface area contributed by atoms with Crippen LogP contribution in [0.2, 0.25) is 0 Å². The minimum absolute atomic E-state index is 0.209. The summed E-state index contributed by atoms with van der Waals surface area (Å²) < 4.78 is 0. The Labute approximate surface area is 202 Å². The van der Waals surface area contributed by atoms with Crippen molar-refractivity contribution in [3.63, 3.8) is 0 Å². The summed E-state index contributed by atoms with van der Waals surface area (Å²) in [5.74, 6) is -0.433. The summed E-state index contributed by atoms with van der Waals surface area (Å²) in [6, 6.07) is 14.0. The van der Waals surface area contributed by atoms with Gasteiger partial charge >= 0.3 is 0 Å². The molecule has 2 saturated heterocycles. The van der Waals surface area contributed by atoms with Gasteiger partial charge in [-0.2, -0.15) is 0 Å². The molecule has 0 aromatic heterocycles. The summed E-state index contributed by atoms with van der Waals surface area (Å²) in [7, 11) is 0. The molecular weight excluding hydrogens is 424 g/mol. The molecule has 6 nitrogen and oxygen atoms in total. The molecule has 3 aliphatic heterocycles. The number of piperazine rings is 1. The first-order valence-electron chi connectivity index (χ1n) is 12.5. The van der Waals surface area contributed by atoms with E-state index in [1.165, 1.54) is 17.7 Å². The summed E-state index contributed by atoms with van der Waals surface area (Å²) in [6.45, 7) is 12.6. The Morgan fingerprint density at radius 2 is 1.38 bits per heavy atom. The van der Waals surface area contributed by atoms with E-state index in [1.807, 2.05) is 50.2 Å². The third kappa shape index (κ3) is 4.00. The van der Waals surface area contributed by atoms with Gasteiger partial charge in [-0.25, -0.2) is 4.90 Å². The third-order valence-corrected chi connectivity index (χ3v) is 7.43. The van der Waals surface area contributed by atoms with E-state index in [2.05, 4.69) is 27.7 Å². The molecule has 2 aromatic carbocycles. The lowest BCUT2D eigenvalue weighted by Gasteiger charge is -2.36. The number of aryl methyl sites for hydroxylation is 2. The Kier molecular flexibility index (Phi) is 6.17. The van der Waals surface area contributed by atoms with Crippen molar-refractivity contribution in [1.82, 2.24) is 9.80 Å². The quantitative estimate of drug-likeness (QED) is 0.638. The van der Waals surface area contributed by atoms with Crippen molar-refractivity contribution in [2.45, 2.75) is 33.6 Å². The molecule has 0 radical (unpaired) electrons. The predicted molar refractivity (Wildman–Crippen MR) is 137 cm³/mol. The van der Waals surface area contributed by atoms with Crippen molar-refractivity contribution in [3.05, 3.63) is 64.9 Å². The number of imide groups is 1. The van der Waals surface area contributed by atoms with E-state index in [0.717, 1.165) is 68.2 Å². The summed E-state index contributed by atoms with van der Waals surface area (Å²) >= 11 is 0. The number of hydrogen-bond acceptors (Lipinski definition) is 5. The number of hydrogen-bond donors (Lipinski definition) is 0. The van der Waals surface area contributed by atoms with E-state index in [0.29, 0.717) is 17.0 Å². The summed E-state index contributed by atoms with van der Waals surface area (Å²) in [5, 5.41) is 0. The van der Waals surface area contributed by atoms with Gasteiger partial charge in [-0.1, -0.05) is 30.7 Å². The highest BCUT2D eigenvalue weighted by molar-refractivity contribution is 6.45. The van der Waals surface area contributed by atoms with Crippen LogP contribution in [0.5, 0.6) is 0 Å². The van der Waals surface area contributed by atoms with Gasteiger partial charge in [-0.3, -0.25) is 9.59 Å². The largest absolute Gasteiger partial charge is 0.372 e. The highest BCUT2D eigenvalue weighted by Gasteiger charge is 2.43. The molecule has 178 valence electrons. The maximum Gasteiger partial charge on any atom is 0.282 e. The van der Waals surface area contributed by atoms with Gasteiger partial charge < -0.3 is 14.7 Å². The Bertz CT molecular complexity index is 1120. The molecule has 0 unspecified atom stereocenters. The lowest BCUT2D eigenvalue weighted by atomic mass is 9.97. The fourth-order valence-corrected chi connectivity index (χ4v) is 5.46. The number of anilines is 2. The van der Waals surface area contributed by atoms with Crippen LogP contribution in [0.1, 0.15) is 36.5 Å². The van der Waals surface area contributed by atoms with Crippen LogP contribution in [0.4, 0.5) is 11.4 Å². The molecule has 2 amide bonds. The molecule has 3 heterocycles. The van der Waals surface area contributed by atoms with Crippen molar-refractivity contribution in [3.8, 4) is 0 Å². The van der Waals surface area contributed by atoms with Gasteiger partial charge in [-0.15, -0.1) is 0 Å². The fourth-order valence-electron chi connectivity index (χ4n) is 5.46. The zero-order chi connectivity index (χ0) is 23.8.